The van der Waals surface area contributed by atoms with E-state index in [0.717, 1.165) is 31.6 Å². The van der Waals surface area contributed by atoms with Gasteiger partial charge in [-0.1, -0.05) is 0 Å². The van der Waals surface area contributed by atoms with Crippen molar-refractivity contribution in [1.29, 1.82) is 0 Å². The summed E-state index contributed by atoms with van der Waals surface area (Å²) in [4.78, 5) is 21.5. The number of rotatable bonds is 3. The molecule has 2 rings (SSSR count). The zero-order valence-electron chi connectivity index (χ0n) is 9.75. The number of likely N-dealkylation sites (tertiary alicyclic amines) is 1. The summed E-state index contributed by atoms with van der Waals surface area (Å²) in [5, 5.41) is 8.85. The second-order valence-electron chi connectivity index (χ2n) is 4.38. The zero-order chi connectivity index (χ0) is 12.1. The number of carbonyl (C=O) groups excluding carboxylic acids is 1. The van der Waals surface area contributed by atoms with Crippen LogP contribution in [0.4, 0.5) is 0 Å². The fourth-order valence-corrected chi connectivity index (χ4v) is 2.25. The van der Waals surface area contributed by atoms with Crippen molar-refractivity contribution in [3.8, 4) is 0 Å². The first-order valence-corrected chi connectivity index (χ1v) is 5.94. The maximum atomic E-state index is 11.4. The van der Waals surface area contributed by atoms with E-state index in [-0.39, 0.29) is 5.91 Å². The highest BCUT2D eigenvalue weighted by atomic mass is 16.3. The predicted octanol–water partition coefficient (Wildman–Crippen LogP) is 0.250. The summed E-state index contributed by atoms with van der Waals surface area (Å²) < 4.78 is 0. The summed E-state index contributed by atoms with van der Waals surface area (Å²) in [6.07, 6.45) is 6.36. The molecule has 1 aliphatic rings. The van der Waals surface area contributed by atoms with Crippen LogP contribution in [0.3, 0.4) is 0 Å². The molecule has 0 spiro atoms. The molecule has 92 valence electrons. The van der Waals surface area contributed by atoms with Crippen LogP contribution in [0.25, 0.3) is 0 Å². The number of aromatic nitrogens is 2. The van der Waals surface area contributed by atoms with Crippen LogP contribution in [0.15, 0.2) is 18.5 Å². The fourth-order valence-electron chi connectivity index (χ4n) is 2.25. The first-order valence-electron chi connectivity index (χ1n) is 5.94. The highest BCUT2D eigenvalue weighted by Gasteiger charge is 2.23. The normalized spacial score (nSPS) is 20.3. The molecule has 1 unspecified atom stereocenters. The molecule has 17 heavy (non-hydrogen) atoms. The van der Waals surface area contributed by atoms with Crippen molar-refractivity contribution in [2.75, 3.05) is 19.7 Å². The fraction of sp³-hybridized carbons (Fsp3) is 0.583. The van der Waals surface area contributed by atoms with E-state index in [2.05, 4.69) is 9.97 Å². The summed E-state index contributed by atoms with van der Waals surface area (Å²) in [5.41, 5.74) is 0. The molecule has 1 atom stereocenters. The SMILES string of the molecule is O=C(CO)N1CCCC(Cc2ncccn2)C1. The molecule has 5 nitrogen and oxygen atoms in total. The predicted molar refractivity (Wildman–Crippen MR) is 62.1 cm³/mol. The van der Waals surface area contributed by atoms with E-state index in [9.17, 15) is 4.79 Å². The van der Waals surface area contributed by atoms with E-state index in [4.69, 9.17) is 5.11 Å². The molecule has 1 saturated heterocycles. The van der Waals surface area contributed by atoms with Crippen LogP contribution in [-0.2, 0) is 11.2 Å². The molecule has 1 N–H and O–H groups in total. The van der Waals surface area contributed by atoms with Gasteiger partial charge in [0.25, 0.3) is 0 Å². The lowest BCUT2D eigenvalue weighted by atomic mass is 9.94. The van der Waals surface area contributed by atoms with Crippen molar-refractivity contribution >= 4 is 5.91 Å². The molecule has 0 bridgehead atoms. The second-order valence-corrected chi connectivity index (χ2v) is 4.38. The Kier molecular flexibility index (Phi) is 4.03. The summed E-state index contributed by atoms with van der Waals surface area (Å²) in [6.45, 7) is 1.07. The Morgan fingerprint density at radius 2 is 2.24 bits per heavy atom. The topological polar surface area (TPSA) is 66.3 Å². The number of nitrogens with zero attached hydrogens (tertiary/aromatic N) is 3. The molecule has 0 radical (unpaired) electrons. The maximum Gasteiger partial charge on any atom is 0.248 e. The van der Waals surface area contributed by atoms with Gasteiger partial charge in [-0.3, -0.25) is 4.79 Å². The van der Waals surface area contributed by atoms with Gasteiger partial charge in [0.15, 0.2) is 0 Å². The van der Waals surface area contributed by atoms with Crippen molar-refractivity contribution in [2.45, 2.75) is 19.3 Å². The Morgan fingerprint density at radius 1 is 1.47 bits per heavy atom. The molecule has 1 aliphatic heterocycles. The van der Waals surface area contributed by atoms with Gasteiger partial charge in [0, 0.05) is 31.9 Å². The van der Waals surface area contributed by atoms with Gasteiger partial charge < -0.3 is 10.0 Å². The van der Waals surface area contributed by atoms with Crippen LogP contribution in [0.1, 0.15) is 18.7 Å². The molecule has 0 saturated carbocycles. The smallest absolute Gasteiger partial charge is 0.248 e. The molecule has 1 aromatic heterocycles. The van der Waals surface area contributed by atoms with Gasteiger partial charge in [0.2, 0.25) is 5.91 Å². The van der Waals surface area contributed by atoms with Crippen molar-refractivity contribution in [1.82, 2.24) is 14.9 Å². The first-order chi connectivity index (χ1) is 8.29. The van der Waals surface area contributed by atoms with Gasteiger partial charge in [0.1, 0.15) is 12.4 Å². The number of amides is 1. The monoisotopic (exact) mass is 235 g/mol. The van der Waals surface area contributed by atoms with Crippen molar-refractivity contribution in [3.05, 3.63) is 24.3 Å². The van der Waals surface area contributed by atoms with Crippen LogP contribution in [-0.4, -0.2) is 45.6 Å². The second kappa shape index (κ2) is 5.72. The Labute approximate surface area is 100 Å². The molecule has 1 amide bonds. The number of piperidine rings is 1. The Balaban J connectivity index is 1.92. The maximum absolute atomic E-state index is 11.4. The van der Waals surface area contributed by atoms with Crippen LogP contribution in [0.5, 0.6) is 0 Å². The molecular weight excluding hydrogens is 218 g/mol. The van der Waals surface area contributed by atoms with Gasteiger partial charge in [-0.2, -0.15) is 0 Å². The first kappa shape index (κ1) is 12.0. The molecular formula is C12H17N3O2. The van der Waals surface area contributed by atoms with E-state index in [1.807, 2.05) is 0 Å². The lowest BCUT2D eigenvalue weighted by Crippen LogP contribution is -2.41. The summed E-state index contributed by atoms with van der Waals surface area (Å²) in [5.74, 6) is 1.06. The van der Waals surface area contributed by atoms with Crippen LogP contribution >= 0.6 is 0 Å². The zero-order valence-corrected chi connectivity index (χ0v) is 9.75. The van der Waals surface area contributed by atoms with Gasteiger partial charge in [0.05, 0.1) is 0 Å². The van der Waals surface area contributed by atoms with E-state index in [0.29, 0.717) is 12.5 Å². The Hall–Kier alpha value is -1.49. The van der Waals surface area contributed by atoms with Gasteiger partial charge in [-0.15, -0.1) is 0 Å². The number of aliphatic hydroxyl groups is 1. The minimum absolute atomic E-state index is 0.177. The minimum atomic E-state index is -0.394. The van der Waals surface area contributed by atoms with Gasteiger partial charge in [-0.25, -0.2) is 9.97 Å². The van der Waals surface area contributed by atoms with E-state index < -0.39 is 6.61 Å². The molecule has 0 aliphatic carbocycles. The molecule has 2 heterocycles. The van der Waals surface area contributed by atoms with Crippen LogP contribution in [0.2, 0.25) is 0 Å². The third kappa shape index (κ3) is 3.23. The largest absolute Gasteiger partial charge is 0.387 e. The van der Waals surface area contributed by atoms with Crippen LogP contribution < -0.4 is 0 Å². The highest BCUT2D eigenvalue weighted by Crippen LogP contribution is 2.19. The summed E-state index contributed by atoms with van der Waals surface area (Å²) in [6, 6.07) is 1.80. The van der Waals surface area contributed by atoms with Crippen molar-refractivity contribution < 1.29 is 9.90 Å². The summed E-state index contributed by atoms with van der Waals surface area (Å²) >= 11 is 0. The van der Waals surface area contributed by atoms with Gasteiger partial charge >= 0.3 is 0 Å². The van der Waals surface area contributed by atoms with E-state index >= 15 is 0 Å². The van der Waals surface area contributed by atoms with E-state index in [1.165, 1.54) is 0 Å². The Morgan fingerprint density at radius 3 is 2.94 bits per heavy atom. The third-order valence-corrected chi connectivity index (χ3v) is 3.10. The average Bonchev–Trinajstić information content (AvgIpc) is 2.39. The third-order valence-electron chi connectivity index (χ3n) is 3.10. The van der Waals surface area contributed by atoms with Crippen molar-refractivity contribution in [3.63, 3.8) is 0 Å². The number of hydrogen-bond acceptors (Lipinski definition) is 4. The molecule has 5 heteroatoms. The minimum Gasteiger partial charge on any atom is -0.387 e. The quantitative estimate of drug-likeness (QED) is 0.815. The molecule has 1 fully saturated rings. The highest BCUT2D eigenvalue weighted by molar-refractivity contribution is 5.77. The number of carbonyl (C=O) groups is 1. The summed E-state index contributed by atoms with van der Waals surface area (Å²) in [7, 11) is 0. The van der Waals surface area contributed by atoms with Crippen molar-refractivity contribution in [2.24, 2.45) is 5.92 Å². The van der Waals surface area contributed by atoms with Crippen LogP contribution in [0, 0.1) is 5.92 Å². The van der Waals surface area contributed by atoms with Gasteiger partial charge in [-0.05, 0) is 24.8 Å². The number of aliphatic hydroxyl groups excluding tert-OH is 1. The van der Waals surface area contributed by atoms with E-state index in [1.54, 1.807) is 23.4 Å². The molecule has 0 aromatic carbocycles. The standard InChI is InChI=1S/C12H17N3O2/c16-9-12(17)15-6-1-3-10(8-15)7-11-13-4-2-5-14-11/h2,4-5,10,16H,1,3,6-9H2. The average molecular weight is 235 g/mol. The molecule has 1 aromatic rings. The lowest BCUT2D eigenvalue weighted by Gasteiger charge is -2.32. The Bertz CT molecular complexity index is 369. The number of hydrogen-bond donors (Lipinski definition) is 1. The lowest BCUT2D eigenvalue weighted by molar-refractivity contribution is -0.136.